The summed E-state index contributed by atoms with van der Waals surface area (Å²) in [5.74, 6) is -0.839. The quantitative estimate of drug-likeness (QED) is 0.369. The van der Waals surface area contributed by atoms with Gasteiger partial charge >= 0.3 is 5.97 Å². The fourth-order valence-electron chi connectivity index (χ4n) is 1.37. The summed E-state index contributed by atoms with van der Waals surface area (Å²) in [7, 11) is 0. The first-order valence-corrected chi connectivity index (χ1v) is 4.34. The third kappa shape index (κ3) is 4.48. The molecule has 1 fully saturated rings. The van der Waals surface area contributed by atoms with Gasteiger partial charge in [-0.3, -0.25) is 4.79 Å². The number of hydroxylamine groups is 1. The molecule has 1 aliphatic heterocycles. The van der Waals surface area contributed by atoms with Crippen molar-refractivity contribution in [2.75, 3.05) is 0 Å². The Labute approximate surface area is 114 Å². The van der Waals surface area contributed by atoms with Crippen LogP contribution < -0.4 is 10.8 Å². The van der Waals surface area contributed by atoms with Gasteiger partial charge in [-0.1, -0.05) is 12.5 Å². The van der Waals surface area contributed by atoms with Crippen LogP contribution in [0, 0.1) is 19.0 Å². The Hall–Kier alpha value is -0.146. The molecule has 1 radical (unpaired) electrons. The maximum absolute atomic E-state index is 10.6. The Morgan fingerprint density at radius 3 is 3.00 bits per heavy atom. The van der Waals surface area contributed by atoms with Crippen molar-refractivity contribution in [2.24, 2.45) is 0 Å². The number of carboxylic acid groups (broad SMARTS) is 1. The van der Waals surface area contributed by atoms with Crippen LogP contribution in [0.3, 0.4) is 0 Å². The summed E-state index contributed by atoms with van der Waals surface area (Å²) >= 11 is 0. The summed E-state index contributed by atoms with van der Waals surface area (Å²) in [6.07, 6.45) is 9.29. The average Bonchev–Trinajstić information content (AvgIpc) is 2.62. The van der Waals surface area contributed by atoms with Crippen LogP contribution in [0.1, 0.15) is 13.3 Å². The van der Waals surface area contributed by atoms with Crippen LogP contribution in [0.15, 0.2) is 0 Å². The minimum absolute atomic E-state index is 0. The maximum Gasteiger partial charge on any atom is 0.317 e. The SMILES string of the molecule is C#CONC(C)[C@H]1[CH-]C[C@H](C(=O)O)N1.[Y]. The van der Waals surface area contributed by atoms with Crippen molar-refractivity contribution in [1.29, 1.82) is 0 Å². The van der Waals surface area contributed by atoms with E-state index in [9.17, 15) is 4.79 Å². The first-order chi connectivity index (χ1) is 6.65. The zero-order valence-corrected chi connectivity index (χ0v) is 11.3. The number of carboxylic acids is 1. The molecule has 6 heteroatoms. The van der Waals surface area contributed by atoms with E-state index in [1.165, 1.54) is 0 Å². The van der Waals surface area contributed by atoms with Crippen LogP contribution in [-0.4, -0.2) is 29.2 Å². The van der Waals surface area contributed by atoms with E-state index in [1.54, 1.807) is 0 Å². The summed E-state index contributed by atoms with van der Waals surface area (Å²) in [4.78, 5) is 15.2. The number of aliphatic carboxylic acids is 1. The monoisotopic (exact) mass is 286 g/mol. The average molecular weight is 286 g/mol. The van der Waals surface area contributed by atoms with Crippen molar-refractivity contribution >= 4 is 5.97 Å². The van der Waals surface area contributed by atoms with Crippen LogP contribution in [0.4, 0.5) is 0 Å². The molecule has 81 valence electrons. The number of hydrogen-bond acceptors (Lipinski definition) is 4. The van der Waals surface area contributed by atoms with E-state index < -0.39 is 12.0 Å². The van der Waals surface area contributed by atoms with E-state index in [-0.39, 0.29) is 44.8 Å². The molecule has 1 saturated heterocycles. The van der Waals surface area contributed by atoms with Crippen molar-refractivity contribution in [3.8, 4) is 12.5 Å². The van der Waals surface area contributed by atoms with E-state index in [0.717, 1.165) is 0 Å². The van der Waals surface area contributed by atoms with E-state index in [1.807, 2.05) is 19.5 Å². The second-order valence-electron chi connectivity index (χ2n) is 3.18. The van der Waals surface area contributed by atoms with Gasteiger partial charge in [-0.05, 0) is 6.92 Å². The van der Waals surface area contributed by atoms with Crippen LogP contribution in [0.5, 0.6) is 0 Å². The summed E-state index contributed by atoms with van der Waals surface area (Å²) in [5.41, 5.74) is 2.61. The molecule has 15 heavy (non-hydrogen) atoms. The molecule has 0 spiro atoms. The molecule has 5 nitrogen and oxygen atoms in total. The molecule has 1 aliphatic rings. The Morgan fingerprint density at radius 2 is 2.53 bits per heavy atom. The molecule has 0 saturated carbocycles. The zero-order valence-electron chi connectivity index (χ0n) is 8.43. The van der Waals surface area contributed by atoms with Crippen LogP contribution in [0.25, 0.3) is 0 Å². The maximum atomic E-state index is 10.6. The molecular weight excluding hydrogens is 273 g/mol. The van der Waals surface area contributed by atoms with Crippen LogP contribution in [0.2, 0.25) is 0 Å². The second kappa shape index (κ2) is 7.18. The smallest absolute Gasteiger partial charge is 0.317 e. The minimum Gasteiger partial charge on any atom is -0.480 e. The third-order valence-electron chi connectivity index (χ3n) is 2.16. The molecule has 0 aromatic carbocycles. The molecule has 3 atom stereocenters. The van der Waals surface area contributed by atoms with Crippen molar-refractivity contribution in [1.82, 2.24) is 10.8 Å². The molecule has 1 rings (SSSR count). The fourth-order valence-corrected chi connectivity index (χ4v) is 1.37. The van der Waals surface area contributed by atoms with Gasteiger partial charge in [-0.25, -0.2) is 0 Å². The van der Waals surface area contributed by atoms with Crippen molar-refractivity contribution in [2.45, 2.75) is 31.5 Å². The standard InChI is InChI=1S/C9H13N2O3.Y/c1-3-14-11-6(2)7-4-5-8(10-7)9(12)13;/h1,4,6-8,10-11H,5H2,2H3,(H,12,13);/q-1;/t6?,7-,8-;/m1./s1. The first kappa shape index (κ1) is 14.9. The Morgan fingerprint density at radius 1 is 1.87 bits per heavy atom. The van der Waals surface area contributed by atoms with E-state index >= 15 is 0 Å². The molecule has 0 aromatic rings. The van der Waals surface area contributed by atoms with Crippen molar-refractivity contribution in [3.05, 3.63) is 6.42 Å². The van der Waals surface area contributed by atoms with Gasteiger partial charge < -0.3 is 21.7 Å². The number of rotatable bonds is 4. The number of hydrogen-bond donors (Lipinski definition) is 3. The summed E-state index contributed by atoms with van der Waals surface area (Å²) in [6, 6.07) is -0.602. The van der Waals surface area contributed by atoms with E-state index in [4.69, 9.17) is 11.5 Å². The summed E-state index contributed by atoms with van der Waals surface area (Å²) in [5, 5.41) is 11.7. The molecule has 1 heterocycles. The van der Waals surface area contributed by atoms with Gasteiger partial charge in [-0.2, -0.15) is 6.42 Å². The Balaban J connectivity index is 0.00000196. The minimum atomic E-state index is -0.839. The Bertz CT molecular complexity index is 254. The zero-order chi connectivity index (χ0) is 10.6. The van der Waals surface area contributed by atoms with E-state index in [0.29, 0.717) is 6.42 Å². The predicted molar refractivity (Wildman–Crippen MR) is 49.8 cm³/mol. The number of terminal acetylenes is 1. The van der Waals surface area contributed by atoms with Crippen molar-refractivity contribution in [3.63, 3.8) is 0 Å². The normalized spacial score (nSPS) is 26.1. The third-order valence-corrected chi connectivity index (χ3v) is 2.16. The van der Waals surface area contributed by atoms with Gasteiger partial charge in [0.1, 0.15) is 6.11 Å². The number of carbonyl (C=O) groups is 1. The largest absolute Gasteiger partial charge is 0.480 e. The summed E-state index contributed by atoms with van der Waals surface area (Å²) in [6.45, 7) is 1.86. The van der Waals surface area contributed by atoms with Gasteiger partial charge in [0.05, 0.1) is 6.04 Å². The van der Waals surface area contributed by atoms with Gasteiger partial charge in [0.15, 0.2) is 0 Å². The Kier molecular flexibility index (Phi) is 7.11. The topological polar surface area (TPSA) is 70.6 Å². The van der Waals surface area contributed by atoms with Gasteiger partial charge in [-0.15, -0.1) is 5.48 Å². The van der Waals surface area contributed by atoms with Crippen LogP contribution in [-0.2, 0) is 42.3 Å². The molecule has 1 unspecified atom stereocenters. The molecular formula is C9H13N2O3Y-. The first-order valence-electron chi connectivity index (χ1n) is 4.34. The molecule has 0 aliphatic carbocycles. The molecule has 0 bridgehead atoms. The van der Waals surface area contributed by atoms with Gasteiger partial charge in [0, 0.05) is 38.8 Å². The van der Waals surface area contributed by atoms with Gasteiger partial charge in [0.2, 0.25) is 0 Å². The molecule has 0 aromatic heterocycles. The second-order valence-corrected chi connectivity index (χ2v) is 3.18. The summed E-state index contributed by atoms with van der Waals surface area (Å²) < 4.78 is 0. The van der Waals surface area contributed by atoms with Crippen LogP contribution >= 0.6 is 0 Å². The number of nitrogens with one attached hydrogen (secondary N) is 2. The fraction of sp³-hybridized carbons (Fsp3) is 0.556. The molecule has 3 N–H and O–H groups in total. The molecule has 0 amide bonds. The van der Waals surface area contributed by atoms with Gasteiger partial charge in [0.25, 0.3) is 0 Å². The van der Waals surface area contributed by atoms with E-state index in [2.05, 4.69) is 15.6 Å². The van der Waals surface area contributed by atoms with Crippen molar-refractivity contribution < 1.29 is 47.4 Å². The predicted octanol–water partition coefficient (Wildman–Crippen LogP) is -0.496.